The van der Waals surface area contributed by atoms with Crippen LogP contribution in [0.15, 0.2) is 42.5 Å². The largest absolute Gasteiger partial charge is 0.308 e. The van der Waals surface area contributed by atoms with Crippen LogP contribution in [0.2, 0.25) is 0 Å². The highest BCUT2D eigenvalue weighted by Gasteiger charge is 2.24. The van der Waals surface area contributed by atoms with Gasteiger partial charge in [-0.3, -0.25) is 4.79 Å². The maximum absolute atomic E-state index is 13.4. The molecule has 1 amide bonds. The van der Waals surface area contributed by atoms with Crippen LogP contribution in [0.25, 0.3) is 0 Å². The number of benzene rings is 2. The highest BCUT2D eigenvalue weighted by Crippen LogP contribution is 2.28. The van der Waals surface area contributed by atoms with Gasteiger partial charge < -0.3 is 4.90 Å². The van der Waals surface area contributed by atoms with Gasteiger partial charge in [0.2, 0.25) is 0 Å². The number of amides is 1. The molecule has 0 fully saturated rings. The van der Waals surface area contributed by atoms with E-state index in [1.807, 2.05) is 31.2 Å². The molecule has 0 aliphatic carbocycles. The molecular formula is C17H16FNO. The summed E-state index contributed by atoms with van der Waals surface area (Å²) < 4.78 is 13.4. The van der Waals surface area contributed by atoms with E-state index in [2.05, 4.69) is 0 Å². The molecule has 0 N–H and O–H groups in total. The van der Waals surface area contributed by atoms with Crippen LogP contribution in [0.1, 0.15) is 27.9 Å². The number of carbonyl (C=O) groups is 1. The van der Waals surface area contributed by atoms with Gasteiger partial charge in [0.15, 0.2) is 0 Å². The molecule has 0 saturated carbocycles. The molecule has 0 spiro atoms. The maximum atomic E-state index is 13.4. The Morgan fingerprint density at radius 3 is 2.85 bits per heavy atom. The second kappa shape index (κ2) is 5.08. The summed E-state index contributed by atoms with van der Waals surface area (Å²) in [5.74, 6) is -0.488. The van der Waals surface area contributed by atoms with Crippen LogP contribution in [-0.4, -0.2) is 12.5 Å². The van der Waals surface area contributed by atoms with Crippen LogP contribution in [0.5, 0.6) is 0 Å². The quantitative estimate of drug-likeness (QED) is 0.772. The SMILES string of the molecule is Cc1ccc(F)cc1C(=O)N1CCCc2ccccc21. The van der Waals surface area contributed by atoms with Gasteiger partial charge in [-0.2, -0.15) is 0 Å². The molecule has 0 atom stereocenters. The van der Waals surface area contributed by atoms with Crippen LogP contribution in [0.4, 0.5) is 10.1 Å². The van der Waals surface area contributed by atoms with Crippen molar-refractivity contribution in [3.63, 3.8) is 0 Å². The third kappa shape index (κ3) is 2.20. The molecule has 1 heterocycles. The van der Waals surface area contributed by atoms with Gasteiger partial charge >= 0.3 is 0 Å². The highest BCUT2D eigenvalue weighted by atomic mass is 19.1. The monoisotopic (exact) mass is 269 g/mol. The van der Waals surface area contributed by atoms with E-state index >= 15 is 0 Å². The summed E-state index contributed by atoms with van der Waals surface area (Å²) >= 11 is 0. The molecule has 1 aliphatic heterocycles. The minimum absolute atomic E-state index is 0.117. The van der Waals surface area contributed by atoms with Crippen molar-refractivity contribution in [1.29, 1.82) is 0 Å². The van der Waals surface area contributed by atoms with E-state index in [1.54, 1.807) is 11.0 Å². The first kappa shape index (κ1) is 12.9. The zero-order valence-corrected chi connectivity index (χ0v) is 11.4. The predicted octanol–water partition coefficient (Wildman–Crippen LogP) is 3.73. The van der Waals surface area contributed by atoms with Crippen molar-refractivity contribution in [3.8, 4) is 0 Å². The van der Waals surface area contributed by atoms with E-state index < -0.39 is 0 Å². The second-order valence-corrected chi connectivity index (χ2v) is 5.15. The summed E-state index contributed by atoms with van der Waals surface area (Å²) in [6.07, 6.45) is 1.93. The Hall–Kier alpha value is -2.16. The number of halogens is 1. The van der Waals surface area contributed by atoms with Gasteiger partial charge in [0.05, 0.1) is 0 Å². The number of carbonyl (C=O) groups excluding carboxylic acids is 1. The third-order valence-corrected chi connectivity index (χ3v) is 3.79. The van der Waals surface area contributed by atoms with E-state index in [0.29, 0.717) is 12.1 Å². The molecule has 2 nitrogen and oxygen atoms in total. The van der Waals surface area contributed by atoms with E-state index in [0.717, 1.165) is 24.1 Å². The predicted molar refractivity (Wildman–Crippen MR) is 77.6 cm³/mol. The van der Waals surface area contributed by atoms with Gasteiger partial charge in [0.25, 0.3) is 5.91 Å². The average Bonchev–Trinajstić information content (AvgIpc) is 2.48. The smallest absolute Gasteiger partial charge is 0.258 e. The van der Waals surface area contributed by atoms with E-state index in [9.17, 15) is 9.18 Å². The number of hydrogen-bond acceptors (Lipinski definition) is 1. The summed E-state index contributed by atoms with van der Waals surface area (Å²) in [5, 5.41) is 0. The van der Waals surface area contributed by atoms with Crippen LogP contribution < -0.4 is 4.90 Å². The molecule has 3 heteroatoms. The van der Waals surface area contributed by atoms with Crippen LogP contribution in [-0.2, 0) is 6.42 Å². The molecule has 1 aliphatic rings. The van der Waals surface area contributed by atoms with Gasteiger partial charge in [-0.1, -0.05) is 24.3 Å². The fourth-order valence-electron chi connectivity index (χ4n) is 2.71. The summed E-state index contributed by atoms with van der Waals surface area (Å²) in [6.45, 7) is 2.52. The average molecular weight is 269 g/mol. The molecule has 2 aromatic rings. The molecule has 0 saturated heterocycles. The zero-order valence-electron chi connectivity index (χ0n) is 11.4. The van der Waals surface area contributed by atoms with Gasteiger partial charge in [0, 0.05) is 17.8 Å². The molecule has 0 radical (unpaired) electrons. The molecule has 2 aromatic carbocycles. The Bertz CT molecular complexity index is 666. The fourth-order valence-corrected chi connectivity index (χ4v) is 2.71. The first-order valence-corrected chi connectivity index (χ1v) is 6.83. The van der Waals surface area contributed by atoms with Gasteiger partial charge in [-0.25, -0.2) is 4.39 Å². The minimum atomic E-state index is -0.371. The van der Waals surface area contributed by atoms with Crippen molar-refractivity contribution >= 4 is 11.6 Å². The van der Waals surface area contributed by atoms with Crippen molar-refractivity contribution in [2.75, 3.05) is 11.4 Å². The molecule has 0 aromatic heterocycles. The molecular weight excluding hydrogens is 253 g/mol. The lowest BCUT2D eigenvalue weighted by Gasteiger charge is -2.30. The van der Waals surface area contributed by atoms with E-state index in [-0.39, 0.29) is 11.7 Å². The first-order valence-electron chi connectivity index (χ1n) is 6.83. The summed E-state index contributed by atoms with van der Waals surface area (Å²) in [6, 6.07) is 12.3. The van der Waals surface area contributed by atoms with Gasteiger partial charge in [-0.05, 0) is 49.1 Å². The van der Waals surface area contributed by atoms with Crippen molar-refractivity contribution in [3.05, 3.63) is 65.0 Å². The summed E-state index contributed by atoms with van der Waals surface area (Å²) in [7, 11) is 0. The Morgan fingerprint density at radius 1 is 1.20 bits per heavy atom. The van der Waals surface area contributed by atoms with Gasteiger partial charge in [0.1, 0.15) is 5.82 Å². The van der Waals surface area contributed by atoms with Crippen molar-refractivity contribution < 1.29 is 9.18 Å². The lowest BCUT2D eigenvalue weighted by Crippen LogP contribution is -2.35. The van der Waals surface area contributed by atoms with Crippen LogP contribution in [0, 0.1) is 12.7 Å². The highest BCUT2D eigenvalue weighted by molar-refractivity contribution is 6.07. The van der Waals surface area contributed by atoms with Crippen LogP contribution >= 0.6 is 0 Å². The maximum Gasteiger partial charge on any atom is 0.258 e. The second-order valence-electron chi connectivity index (χ2n) is 5.15. The molecule has 0 bridgehead atoms. The minimum Gasteiger partial charge on any atom is -0.308 e. The Kier molecular flexibility index (Phi) is 3.26. The Morgan fingerprint density at radius 2 is 2.00 bits per heavy atom. The topological polar surface area (TPSA) is 20.3 Å². The number of rotatable bonds is 1. The molecule has 20 heavy (non-hydrogen) atoms. The molecule has 3 rings (SSSR count). The van der Waals surface area contributed by atoms with Gasteiger partial charge in [-0.15, -0.1) is 0 Å². The number of aryl methyl sites for hydroxylation is 2. The summed E-state index contributed by atoms with van der Waals surface area (Å²) in [4.78, 5) is 14.5. The lowest BCUT2D eigenvalue weighted by atomic mass is 10.00. The zero-order chi connectivity index (χ0) is 14.1. The molecule has 0 unspecified atom stereocenters. The summed E-state index contributed by atoms with van der Waals surface area (Å²) in [5.41, 5.74) is 3.38. The fraction of sp³-hybridized carbons (Fsp3) is 0.235. The normalized spacial score (nSPS) is 14.0. The van der Waals surface area contributed by atoms with Crippen molar-refractivity contribution in [2.24, 2.45) is 0 Å². The first-order chi connectivity index (χ1) is 9.66. The number of para-hydroxylation sites is 1. The number of anilines is 1. The number of fused-ring (bicyclic) bond motifs is 1. The molecule has 102 valence electrons. The lowest BCUT2D eigenvalue weighted by molar-refractivity contribution is 0.0984. The van der Waals surface area contributed by atoms with Crippen LogP contribution in [0.3, 0.4) is 0 Å². The van der Waals surface area contributed by atoms with Crippen molar-refractivity contribution in [2.45, 2.75) is 19.8 Å². The van der Waals surface area contributed by atoms with E-state index in [1.165, 1.54) is 17.7 Å². The Balaban J connectivity index is 2.02. The Labute approximate surface area is 117 Å². The standard InChI is InChI=1S/C17H16FNO/c1-12-8-9-14(18)11-15(12)17(20)19-10-4-6-13-5-2-3-7-16(13)19/h2-3,5,7-9,11H,4,6,10H2,1H3. The number of nitrogens with zero attached hydrogens (tertiary/aromatic N) is 1. The van der Waals surface area contributed by atoms with Crippen molar-refractivity contribution in [1.82, 2.24) is 0 Å². The third-order valence-electron chi connectivity index (χ3n) is 3.79. The van der Waals surface area contributed by atoms with E-state index in [4.69, 9.17) is 0 Å². The number of hydrogen-bond donors (Lipinski definition) is 0.